The van der Waals surface area contributed by atoms with Crippen LogP contribution in [0.3, 0.4) is 0 Å². The summed E-state index contributed by atoms with van der Waals surface area (Å²) in [5.41, 5.74) is 4.01. The first-order chi connectivity index (χ1) is 19.2. The van der Waals surface area contributed by atoms with Crippen molar-refractivity contribution in [3.8, 4) is 16.9 Å². The second kappa shape index (κ2) is 12.2. The first-order valence-corrected chi connectivity index (χ1v) is 14.5. The summed E-state index contributed by atoms with van der Waals surface area (Å²) in [7, 11) is 1.59. The van der Waals surface area contributed by atoms with Crippen molar-refractivity contribution in [1.29, 1.82) is 0 Å². The number of hydrogen-bond acceptors (Lipinski definition) is 8. The van der Waals surface area contributed by atoms with Crippen molar-refractivity contribution < 1.29 is 4.74 Å². The van der Waals surface area contributed by atoms with Crippen LogP contribution in [-0.4, -0.2) is 63.4 Å². The van der Waals surface area contributed by atoms with E-state index in [2.05, 4.69) is 52.3 Å². The molecule has 40 heavy (non-hydrogen) atoms. The summed E-state index contributed by atoms with van der Waals surface area (Å²) in [6.45, 7) is 11.0. The maximum Gasteiger partial charge on any atom is 0.225 e. The number of anilines is 2. The highest BCUT2D eigenvalue weighted by atomic mass is 35.5. The van der Waals surface area contributed by atoms with Crippen LogP contribution in [0, 0.1) is 6.92 Å². The highest BCUT2D eigenvalue weighted by Crippen LogP contribution is 2.41. The van der Waals surface area contributed by atoms with Gasteiger partial charge in [-0.15, -0.1) is 0 Å². The van der Waals surface area contributed by atoms with E-state index < -0.39 is 0 Å². The molecule has 3 aromatic heterocycles. The van der Waals surface area contributed by atoms with Crippen LogP contribution >= 0.6 is 23.2 Å². The number of hydrogen-bond donors (Lipinski definition) is 2. The second-order valence-corrected chi connectivity index (χ2v) is 11.5. The zero-order valence-corrected chi connectivity index (χ0v) is 25.1. The zero-order valence-electron chi connectivity index (χ0n) is 23.6. The lowest BCUT2D eigenvalue weighted by Crippen LogP contribution is -2.47. The van der Waals surface area contributed by atoms with Crippen molar-refractivity contribution in [1.82, 2.24) is 29.9 Å². The van der Waals surface area contributed by atoms with Gasteiger partial charge in [0.15, 0.2) is 5.65 Å². The molecule has 1 saturated heterocycles. The molecule has 0 radical (unpaired) electrons. The summed E-state index contributed by atoms with van der Waals surface area (Å²) in [6, 6.07) is 8.15. The van der Waals surface area contributed by atoms with E-state index in [-0.39, 0.29) is 12.0 Å². The lowest BCUT2D eigenvalue weighted by Gasteiger charge is -2.34. The van der Waals surface area contributed by atoms with Gasteiger partial charge in [-0.05, 0) is 50.8 Å². The van der Waals surface area contributed by atoms with Crippen molar-refractivity contribution in [2.75, 3.05) is 37.0 Å². The van der Waals surface area contributed by atoms with Gasteiger partial charge in [0.05, 0.1) is 28.4 Å². The molecule has 0 aliphatic carbocycles. The monoisotopic (exact) mass is 582 g/mol. The molecule has 4 aromatic rings. The molecule has 1 aliphatic heterocycles. The van der Waals surface area contributed by atoms with Gasteiger partial charge in [0.25, 0.3) is 0 Å². The Hall–Kier alpha value is -3.14. The van der Waals surface area contributed by atoms with E-state index in [0.717, 1.165) is 66.8 Å². The number of fused-ring (bicyclic) bond motifs is 1. The van der Waals surface area contributed by atoms with E-state index in [0.29, 0.717) is 27.4 Å². The third-order valence-corrected chi connectivity index (χ3v) is 7.91. The number of nitrogens with one attached hydrogen (secondary N) is 2. The highest BCUT2D eigenvalue weighted by Gasteiger charge is 2.24. The number of aromatic nitrogens is 5. The molecule has 0 saturated carbocycles. The molecule has 11 heteroatoms. The van der Waals surface area contributed by atoms with Gasteiger partial charge in [-0.25, -0.2) is 15.0 Å². The van der Waals surface area contributed by atoms with Crippen molar-refractivity contribution in [3.05, 3.63) is 58.1 Å². The van der Waals surface area contributed by atoms with Gasteiger partial charge in [-0.1, -0.05) is 37.0 Å². The van der Waals surface area contributed by atoms with E-state index in [1.54, 1.807) is 31.6 Å². The van der Waals surface area contributed by atoms with Crippen LogP contribution in [0.25, 0.3) is 16.8 Å². The second-order valence-electron chi connectivity index (χ2n) is 10.6. The van der Waals surface area contributed by atoms with Crippen LogP contribution in [0.2, 0.25) is 10.0 Å². The van der Waals surface area contributed by atoms with E-state index in [1.165, 1.54) is 0 Å². The smallest absolute Gasteiger partial charge is 0.225 e. The van der Waals surface area contributed by atoms with E-state index >= 15 is 0 Å². The topological polar surface area (TPSA) is 92.5 Å². The Morgan fingerprint density at radius 1 is 1.02 bits per heavy atom. The third-order valence-electron chi connectivity index (χ3n) is 7.32. The summed E-state index contributed by atoms with van der Waals surface area (Å²) >= 11 is 13.4. The molecule has 1 aromatic carbocycles. The molecule has 5 rings (SSSR count). The predicted molar refractivity (Wildman–Crippen MR) is 162 cm³/mol. The first kappa shape index (κ1) is 28.4. The van der Waals surface area contributed by atoms with Crippen LogP contribution in [-0.2, 0) is 0 Å². The fourth-order valence-corrected chi connectivity index (χ4v) is 5.84. The fraction of sp³-hybridized carbons (Fsp3) is 0.448. The molecule has 2 N–H and O–H groups in total. The Bertz CT molecular complexity index is 1450. The largest absolute Gasteiger partial charge is 0.497 e. The molecule has 1 unspecified atom stereocenters. The molecule has 1 aliphatic rings. The standard InChI is InChI=1S/C29H36Cl2N8O/c1-17(2)24-15-25(34-16-18(3)35-20-7-11-38(12-8-20)29-32-9-6-10-33-29)39-28(36-24)26(19(4)37-39)27-22(30)13-21(40-5)14-23(27)31/h6,9-10,13-15,17-18,20,34-35H,7-8,11-12,16H2,1-5H3. The van der Waals surface area contributed by atoms with Crippen molar-refractivity contribution in [3.63, 3.8) is 0 Å². The minimum Gasteiger partial charge on any atom is -0.497 e. The lowest BCUT2D eigenvalue weighted by atomic mass is 10.0. The first-order valence-electron chi connectivity index (χ1n) is 13.7. The van der Waals surface area contributed by atoms with Crippen LogP contribution in [0.5, 0.6) is 5.75 Å². The van der Waals surface area contributed by atoms with Crippen molar-refractivity contribution in [2.24, 2.45) is 0 Å². The van der Waals surface area contributed by atoms with Crippen LogP contribution in [0.15, 0.2) is 36.7 Å². The Morgan fingerprint density at radius 2 is 1.70 bits per heavy atom. The summed E-state index contributed by atoms with van der Waals surface area (Å²) in [4.78, 5) is 16.0. The number of methoxy groups -OCH3 is 1. The Labute approximate surface area is 245 Å². The number of halogens is 2. The van der Waals surface area contributed by atoms with E-state index in [1.807, 2.05) is 17.5 Å². The molecule has 1 fully saturated rings. The maximum atomic E-state index is 6.70. The normalized spacial score (nSPS) is 15.2. The molecular formula is C29H36Cl2N8O. The molecule has 4 heterocycles. The number of aryl methyl sites for hydroxylation is 1. The molecule has 0 bridgehead atoms. The number of nitrogens with zero attached hydrogens (tertiary/aromatic N) is 6. The van der Waals surface area contributed by atoms with Crippen molar-refractivity contribution >= 4 is 40.6 Å². The van der Waals surface area contributed by atoms with Crippen LogP contribution in [0.4, 0.5) is 11.8 Å². The lowest BCUT2D eigenvalue weighted by molar-refractivity contribution is 0.380. The fourth-order valence-electron chi connectivity index (χ4n) is 5.18. The van der Waals surface area contributed by atoms with Crippen LogP contribution < -0.4 is 20.3 Å². The summed E-state index contributed by atoms with van der Waals surface area (Å²) in [5, 5.41) is 13.3. The molecule has 212 valence electrons. The maximum absolute atomic E-state index is 6.70. The van der Waals surface area contributed by atoms with Gasteiger partial charge >= 0.3 is 0 Å². The SMILES string of the molecule is COc1cc(Cl)c(-c2c(C)nn3c(NCC(C)NC4CCN(c5ncccn5)CC4)cc(C(C)C)nc23)c(Cl)c1. The number of ether oxygens (including phenoxy) is 1. The summed E-state index contributed by atoms with van der Waals surface area (Å²) in [5.74, 6) is 2.52. The van der Waals surface area contributed by atoms with Gasteiger partial charge in [-0.3, -0.25) is 0 Å². The Kier molecular flexibility index (Phi) is 8.63. The van der Waals surface area contributed by atoms with Gasteiger partial charge in [-0.2, -0.15) is 9.61 Å². The van der Waals surface area contributed by atoms with Gasteiger partial charge < -0.3 is 20.3 Å². The molecular weight excluding hydrogens is 547 g/mol. The minimum atomic E-state index is 0.227. The average Bonchev–Trinajstić information content (AvgIpc) is 3.27. The van der Waals surface area contributed by atoms with E-state index in [9.17, 15) is 0 Å². The summed E-state index contributed by atoms with van der Waals surface area (Å²) < 4.78 is 7.20. The number of piperidine rings is 1. The van der Waals surface area contributed by atoms with Crippen molar-refractivity contribution in [2.45, 2.75) is 58.5 Å². The Balaban J connectivity index is 1.34. The highest BCUT2D eigenvalue weighted by molar-refractivity contribution is 6.39. The molecule has 0 spiro atoms. The number of rotatable bonds is 9. The molecule has 1 atom stereocenters. The minimum absolute atomic E-state index is 0.227. The van der Waals surface area contributed by atoms with E-state index in [4.69, 9.17) is 38.0 Å². The third kappa shape index (κ3) is 5.96. The Morgan fingerprint density at radius 3 is 2.33 bits per heavy atom. The van der Waals surface area contributed by atoms with Gasteiger partial charge in [0.1, 0.15) is 11.6 Å². The van der Waals surface area contributed by atoms with Gasteiger partial charge in [0.2, 0.25) is 5.95 Å². The zero-order chi connectivity index (χ0) is 28.4. The average molecular weight is 584 g/mol. The molecule has 9 nitrogen and oxygen atoms in total. The summed E-state index contributed by atoms with van der Waals surface area (Å²) in [6.07, 6.45) is 5.69. The van der Waals surface area contributed by atoms with Gasteiger partial charge in [0, 0.05) is 61.4 Å². The van der Waals surface area contributed by atoms with Crippen LogP contribution in [0.1, 0.15) is 50.9 Å². The number of benzene rings is 1. The quantitative estimate of drug-likeness (QED) is 0.248. The molecule has 0 amide bonds. The predicted octanol–water partition coefficient (Wildman–Crippen LogP) is 5.99.